The molecule has 132 valence electrons. The van der Waals surface area contributed by atoms with Gasteiger partial charge in [0.25, 0.3) is 5.56 Å². The second-order valence-electron chi connectivity index (χ2n) is 6.14. The van der Waals surface area contributed by atoms with Crippen LogP contribution in [0.5, 0.6) is 0 Å². The number of halogens is 1. The Hall–Kier alpha value is -1.99. The summed E-state index contributed by atoms with van der Waals surface area (Å²) in [5, 5.41) is 20.7. The predicted molar refractivity (Wildman–Crippen MR) is 80.9 cm³/mol. The van der Waals surface area contributed by atoms with Crippen molar-refractivity contribution in [3.05, 3.63) is 32.6 Å². The number of H-pyrrole nitrogens is 1. The van der Waals surface area contributed by atoms with Gasteiger partial charge in [-0.2, -0.15) is 0 Å². The Labute approximate surface area is 136 Å². The normalized spacial score (nSPS) is 28.8. The van der Waals surface area contributed by atoms with E-state index in [0.29, 0.717) is 4.57 Å². The summed E-state index contributed by atoms with van der Waals surface area (Å²) >= 11 is 0. The van der Waals surface area contributed by atoms with Crippen molar-refractivity contribution in [2.24, 2.45) is 0 Å². The van der Waals surface area contributed by atoms with Crippen LogP contribution >= 0.6 is 0 Å². The van der Waals surface area contributed by atoms with E-state index in [4.69, 9.17) is 15.9 Å². The number of aryl methyl sites for hydroxylation is 1. The molecular formula is C15H19FN2O6. The third kappa shape index (κ3) is 3.27. The predicted octanol–water partition coefficient (Wildman–Crippen LogP) is -0.810. The quantitative estimate of drug-likeness (QED) is 0.619. The maximum atomic E-state index is 14.7. The number of ether oxygens (including phenoxy) is 2. The number of hydrogen-bond donors (Lipinski definition) is 3. The molecule has 0 saturated carbocycles. The number of terminal acetylenes is 1. The van der Waals surface area contributed by atoms with E-state index in [2.05, 4.69) is 0 Å². The molecule has 1 aliphatic heterocycles. The molecule has 0 amide bonds. The van der Waals surface area contributed by atoms with Crippen molar-refractivity contribution < 1.29 is 24.1 Å². The minimum Gasteiger partial charge on any atom is -0.385 e. The van der Waals surface area contributed by atoms with Crippen molar-refractivity contribution in [1.82, 2.24) is 9.55 Å². The van der Waals surface area contributed by atoms with Crippen LogP contribution in [0.2, 0.25) is 0 Å². The summed E-state index contributed by atoms with van der Waals surface area (Å²) in [6, 6.07) is 0. The lowest BCUT2D eigenvalue weighted by atomic mass is 9.91. The molecule has 24 heavy (non-hydrogen) atoms. The summed E-state index contributed by atoms with van der Waals surface area (Å²) in [5.74, 6) is 0.802. The van der Waals surface area contributed by atoms with Gasteiger partial charge in [-0.1, -0.05) is 5.92 Å². The molecule has 0 bridgehead atoms. The summed E-state index contributed by atoms with van der Waals surface area (Å²) in [6.45, 7) is 4.00. The maximum absolute atomic E-state index is 14.7. The standard InChI is InChI=1S/C15H19FN2O6/c1-5-15(22)7-23-14(3,4)24-10(15)9(19)11(16)18-6-8(2)12(20)17-13(18)21/h1,6,9-11,19,22H,7H2,2-4H3,(H,17,20,21)/t9-,10+,11-,15+/m1/s1. The van der Waals surface area contributed by atoms with E-state index in [-0.39, 0.29) is 12.2 Å². The third-order valence-corrected chi connectivity index (χ3v) is 3.77. The molecule has 1 saturated heterocycles. The maximum Gasteiger partial charge on any atom is 0.330 e. The molecule has 9 heteroatoms. The Bertz CT molecular complexity index is 779. The molecule has 1 aromatic rings. The largest absolute Gasteiger partial charge is 0.385 e. The molecule has 1 fully saturated rings. The number of aliphatic hydroxyl groups is 2. The van der Waals surface area contributed by atoms with Crippen molar-refractivity contribution in [2.75, 3.05) is 6.61 Å². The molecule has 1 aromatic heterocycles. The number of alkyl halides is 1. The van der Waals surface area contributed by atoms with E-state index < -0.39 is 41.1 Å². The van der Waals surface area contributed by atoms with E-state index >= 15 is 0 Å². The van der Waals surface area contributed by atoms with Crippen LogP contribution in [0.15, 0.2) is 15.8 Å². The summed E-state index contributed by atoms with van der Waals surface area (Å²) in [5.41, 5.74) is -3.72. The van der Waals surface area contributed by atoms with Crippen LogP contribution in [0.25, 0.3) is 0 Å². The molecule has 0 spiro atoms. The summed E-state index contributed by atoms with van der Waals surface area (Å²) < 4.78 is 25.8. The van der Waals surface area contributed by atoms with Gasteiger partial charge in [-0.25, -0.2) is 9.18 Å². The molecule has 4 atom stereocenters. The smallest absolute Gasteiger partial charge is 0.330 e. The number of aromatic nitrogens is 2. The minimum absolute atomic E-state index is 0.0740. The molecule has 0 radical (unpaired) electrons. The van der Waals surface area contributed by atoms with Crippen molar-refractivity contribution in [3.63, 3.8) is 0 Å². The average Bonchev–Trinajstić information content (AvgIpc) is 2.52. The number of nitrogens with zero attached hydrogens (tertiary/aromatic N) is 1. The summed E-state index contributed by atoms with van der Waals surface area (Å²) in [4.78, 5) is 25.1. The van der Waals surface area contributed by atoms with E-state index in [1.807, 2.05) is 10.9 Å². The Kier molecular flexibility index (Phi) is 4.70. The number of hydrogen-bond acceptors (Lipinski definition) is 6. The first-order valence-electron chi connectivity index (χ1n) is 7.17. The lowest BCUT2D eigenvalue weighted by molar-refractivity contribution is -0.340. The Morgan fingerprint density at radius 2 is 2.17 bits per heavy atom. The average molecular weight is 342 g/mol. The summed E-state index contributed by atoms with van der Waals surface area (Å²) in [7, 11) is 0. The fraction of sp³-hybridized carbons (Fsp3) is 0.600. The number of nitrogens with one attached hydrogen (secondary N) is 1. The van der Waals surface area contributed by atoms with Crippen LogP contribution < -0.4 is 11.2 Å². The van der Waals surface area contributed by atoms with Crippen molar-refractivity contribution in [3.8, 4) is 12.3 Å². The van der Waals surface area contributed by atoms with Crippen LogP contribution in [0.1, 0.15) is 25.7 Å². The van der Waals surface area contributed by atoms with Gasteiger partial charge in [0.15, 0.2) is 11.4 Å². The minimum atomic E-state index is -2.31. The molecule has 2 heterocycles. The Morgan fingerprint density at radius 3 is 2.75 bits per heavy atom. The van der Waals surface area contributed by atoms with Gasteiger partial charge >= 0.3 is 5.69 Å². The Morgan fingerprint density at radius 1 is 1.54 bits per heavy atom. The van der Waals surface area contributed by atoms with Gasteiger partial charge in [-0.15, -0.1) is 6.42 Å². The van der Waals surface area contributed by atoms with Crippen molar-refractivity contribution >= 4 is 0 Å². The van der Waals surface area contributed by atoms with Crippen LogP contribution in [0.4, 0.5) is 4.39 Å². The van der Waals surface area contributed by atoms with Crippen molar-refractivity contribution in [2.45, 2.75) is 50.7 Å². The number of aromatic amines is 1. The third-order valence-electron chi connectivity index (χ3n) is 3.77. The van der Waals surface area contributed by atoms with E-state index in [1.54, 1.807) is 0 Å². The first-order valence-corrected chi connectivity index (χ1v) is 7.17. The number of rotatable bonds is 3. The SMILES string of the molecule is C#C[C@]1(O)COC(C)(C)O[C@H]1[C@@H](O)[C@H](F)n1cc(C)c(=O)[nH]c1=O. The van der Waals surface area contributed by atoms with Crippen molar-refractivity contribution in [1.29, 1.82) is 0 Å². The lowest BCUT2D eigenvalue weighted by Crippen LogP contribution is -2.62. The molecular weight excluding hydrogens is 323 g/mol. The van der Waals surface area contributed by atoms with Crippen LogP contribution in [-0.4, -0.2) is 50.0 Å². The van der Waals surface area contributed by atoms with Crippen LogP contribution in [0, 0.1) is 19.3 Å². The molecule has 1 aliphatic rings. The molecule has 0 aromatic carbocycles. The summed E-state index contributed by atoms with van der Waals surface area (Å²) in [6.07, 6.45) is 0.367. The van der Waals surface area contributed by atoms with Gasteiger partial charge in [0.1, 0.15) is 12.2 Å². The van der Waals surface area contributed by atoms with Gasteiger partial charge in [-0.05, 0) is 20.8 Å². The first-order chi connectivity index (χ1) is 11.0. The fourth-order valence-electron chi connectivity index (χ4n) is 2.36. The van der Waals surface area contributed by atoms with Gasteiger partial charge < -0.3 is 19.7 Å². The van der Waals surface area contributed by atoms with Gasteiger partial charge in [-0.3, -0.25) is 14.3 Å². The highest BCUT2D eigenvalue weighted by atomic mass is 19.1. The zero-order valence-electron chi connectivity index (χ0n) is 13.4. The lowest BCUT2D eigenvalue weighted by Gasteiger charge is -2.45. The van der Waals surface area contributed by atoms with Crippen LogP contribution in [0.3, 0.4) is 0 Å². The Balaban J connectivity index is 2.40. The molecule has 3 N–H and O–H groups in total. The van der Waals surface area contributed by atoms with Gasteiger partial charge in [0.2, 0.25) is 6.30 Å². The van der Waals surface area contributed by atoms with E-state index in [9.17, 15) is 24.2 Å². The number of aliphatic hydroxyl groups excluding tert-OH is 1. The van der Waals surface area contributed by atoms with Crippen LogP contribution in [-0.2, 0) is 9.47 Å². The highest BCUT2D eigenvalue weighted by Gasteiger charge is 2.51. The molecule has 2 rings (SSSR count). The zero-order valence-corrected chi connectivity index (χ0v) is 13.4. The highest BCUT2D eigenvalue weighted by Crippen LogP contribution is 2.33. The van der Waals surface area contributed by atoms with E-state index in [1.165, 1.54) is 20.8 Å². The highest BCUT2D eigenvalue weighted by molar-refractivity contribution is 5.16. The molecule has 0 unspecified atom stereocenters. The topological polar surface area (TPSA) is 114 Å². The monoisotopic (exact) mass is 342 g/mol. The van der Waals surface area contributed by atoms with E-state index in [0.717, 1.165) is 6.20 Å². The van der Waals surface area contributed by atoms with Gasteiger partial charge in [0, 0.05) is 11.8 Å². The van der Waals surface area contributed by atoms with Gasteiger partial charge in [0.05, 0.1) is 6.61 Å². The first kappa shape index (κ1) is 18.4. The second-order valence-corrected chi connectivity index (χ2v) is 6.14. The molecule has 8 nitrogen and oxygen atoms in total. The second kappa shape index (κ2) is 6.14. The molecule has 0 aliphatic carbocycles. The fourth-order valence-corrected chi connectivity index (χ4v) is 2.36. The zero-order chi connectivity index (χ0) is 18.3.